The maximum absolute atomic E-state index is 5.82. The van der Waals surface area contributed by atoms with Crippen molar-refractivity contribution in [1.29, 1.82) is 0 Å². The second-order valence-corrected chi connectivity index (χ2v) is 6.59. The first-order chi connectivity index (χ1) is 9.62. The fraction of sp³-hybridized carbons (Fsp3) is 0.647. The Labute approximate surface area is 121 Å². The Bertz CT molecular complexity index is 484. The van der Waals surface area contributed by atoms with Crippen molar-refractivity contribution in [3.63, 3.8) is 0 Å². The minimum absolute atomic E-state index is 0.423. The van der Waals surface area contributed by atoms with Crippen LogP contribution >= 0.6 is 0 Å². The van der Waals surface area contributed by atoms with Gasteiger partial charge in [-0.15, -0.1) is 0 Å². The summed E-state index contributed by atoms with van der Waals surface area (Å²) in [7, 11) is 0. The van der Waals surface area contributed by atoms with Crippen LogP contribution in [0.5, 0.6) is 11.5 Å². The molecule has 3 heteroatoms. The first-order valence-corrected chi connectivity index (χ1v) is 7.75. The number of rotatable bonds is 4. The molecular weight excluding hydrogens is 250 g/mol. The van der Waals surface area contributed by atoms with Crippen LogP contribution in [0.4, 0.5) is 0 Å². The molecule has 0 spiro atoms. The van der Waals surface area contributed by atoms with Crippen LogP contribution in [-0.4, -0.2) is 19.8 Å². The van der Waals surface area contributed by atoms with Gasteiger partial charge in [-0.3, -0.25) is 0 Å². The van der Waals surface area contributed by atoms with Gasteiger partial charge >= 0.3 is 0 Å². The molecule has 1 N–H and O–H groups in total. The first-order valence-electron chi connectivity index (χ1n) is 7.75. The molecule has 1 aliphatic carbocycles. The Morgan fingerprint density at radius 1 is 1.25 bits per heavy atom. The van der Waals surface area contributed by atoms with E-state index in [1.165, 1.54) is 12.0 Å². The summed E-state index contributed by atoms with van der Waals surface area (Å²) in [6.07, 6.45) is 2.25. The predicted octanol–water partition coefficient (Wildman–Crippen LogP) is 3.54. The predicted molar refractivity (Wildman–Crippen MR) is 80.4 cm³/mol. The van der Waals surface area contributed by atoms with E-state index in [9.17, 15) is 0 Å². The molecule has 0 amide bonds. The summed E-state index contributed by atoms with van der Waals surface area (Å²) in [5, 5.41) is 3.64. The van der Waals surface area contributed by atoms with E-state index in [1.54, 1.807) is 0 Å². The lowest BCUT2D eigenvalue weighted by atomic mass is 9.96. The third-order valence-electron chi connectivity index (χ3n) is 4.55. The first kappa shape index (κ1) is 13.7. The third-order valence-corrected chi connectivity index (χ3v) is 4.55. The molecule has 3 rings (SSSR count). The number of fused-ring (bicyclic) bond motifs is 1. The summed E-state index contributed by atoms with van der Waals surface area (Å²) in [5.41, 5.74) is 1.78. The lowest BCUT2D eigenvalue weighted by Gasteiger charge is -2.21. The van der Waals surface area contributed by atoms with Crippen LogP contribution in [0.1, 0.15) is 45.2 Å². The van der Waals surface area contributed by atoms with Gasteiger partial charge in [0.2, 0.25) is 0 Å². The zero-order valence-corrected chi connectivity index (χ0v) is 12.7. The van der Waals surface area contributed by atoms with Crippen LogP contribution in [0.15, 0.2) is 18.2 Å². The number of hydrogen-bond donors (Lipinski definition) is 1. The quantitative estimate of drug-likeness (QED) is 0.911. The Morgan fingerprint density at radius 3 is 2.60 bits per heavy atom. The Morgan fingerprint density at radius 2 is 1.95 bits per heavy atom. The number of benzene rings is 1. The van der Waals surface area contributed by atoms with E-state index in [-0.39, 0.29) is 0 Å². The normalized spacial score (nSPS) is 24.9. The molecule has 2 aliphatic rings. The van der Waals surface area contributed by atoms with Crippen LogP contribution in [0.2, 0.25) is 0 Å². The smallest absolute Gasteiger partial charge is 0.161 e. The van der Waals surface area contributed by atoms with Crippen LogP contribution in [-0.2, 0) is 0 Å². The minimum atomic E-state index is 0.423. The molecule has 1 aromatic carbocycles. The lowest BCUT2D eigenvalue weighted by molar-refractivity contribution is 0.296. The fourth-order valence-electron chi connectivity index (χ4n) is 3.16. The molecule has 1 aliphatic heterocycles. The molecular formula is C17H25NO2. The van der Waals surface area contributed by atoms with Crippen molar-refractivity contribution < 1.29 is 9.47 Å². The maximum atomic E-state index is 5.82. The average Bonchev–Trinajstić information content (AvgIpc) is 3.11. The molecule has 3 nitrogen and oxygen atoms in total. The van der Waals surface area contributed by atoms with E-state index in [4.69, 9.17) is 9.47 Å². The van der Waals surface area contributed by atoms with E-state index in [1.807, 2.05) is 0 Å². The second kappa shape index (κ2) is 5.28. The highest BCUT2D eigenvalue weighted by molar-refractivity contribution is 5.44. The number of ether oxygens (including phenoxy) is 2. The van der Waals surface area contributed by atoms with Crippen LogP contribution in [0.25, 0.3) is 0 Å². The van der Waals surface area contributed by atoms with E-state index in [0.29, 0.717) is 17.4 Å². The highest BCUT2D eigenvalue weighted by atomic mass is 16.5. The second-order valence-electron chi connectivity index (χ2n) is 6.59. The van der Waals surface area contributed by atoms with E-state index in [2.05, 4.69) is 44.3 Å². The van der Waals surface area contributed by atoms with Crippen molar-refractivity contribution >= 4 is 0 Å². The minimum Gasteiger partial charge on any atom is -0.490 e. The van der Waals surface area contributed by atoms with Gasteiger partial charge in [-0.25, -0.2) is 0 Å². The Kier molecular flexibility index (Phi) is 3.63. The highest BCUT2D eigenvalue weighted by Gasteiger charge is 2.50. The van der Waals surface area contributed by atoms with E-state index in [0.717, 1.165) is 37.7 Å². The van der Waals surface area contributed by atoms with Crippen molar-refractivity contribution in [3.05, 3.63) is 23.8 Å². The highest BCUT2D eigenvalue weighted by Crippen LogP contribution is 2.58. The van der Waals surface area contributed by atoms with E-state index >= 15 is 0 Å². The molecule has 0 aromatic heterocycles. The van der Waals surface area contributed by atoms with Crippen LogP contribution in [0.3, 0.4) is 0 Å². The Hall–Kier alpha value is -1.22. The molecule has 1 fully saturated rings. The van der Waals surface area contributed by atoms with Gasteiger partial charge in [0, 0.05) is 12.5 Å². The molecule has 0 bridgehead atoms. The van der Waals surface area contributed by atoms with Gasteiger partial charge in [0.05, 0.1) is 13.2 Å². The molecule has 1 aromatic rings. The third kappa shape index (κ3) is 2.64. The molecule has 0 saturated heterocycles. The van der Waals surface area contributed by atoms with E-state index < -0.39 is 0 Å². The van der Waals surface area contributed by atoms with Gasteiger partial charge in [0.15, 0.2) is 11.5 Å². The molecule has 110 valence electrons. The van der Waals surface area contributed by atoms with Crippen molar-refractivity contribution in [1.82, 2.24) is 5.32 Å². The molecule has 20 heavy (non-hydrogen) atoms. The topological polar surface area (TPSA) is 30.5 Å². The van der Waals surface area contributed by atoms with Crippen molar-refractivity contribution in [3.8, 4) is 11.5 Å². The maximum Gasteiger partial charge on any atom is 0.161 e. The molecule has 0 radical (unpaired) electrons. The summed E-state index contributed by atoms with van der Waals surface area (Å²) in [5.74, 6) is 2.50. The standard InChI is InChI=1S/C17H25NO2/c1-4-18-16(13-11-17(13,2)3)12-6-7-14-15(10-12)20-9-5-8-19-14/h6-7,10,13,16,18H,4-5,8-9,11H2,1-3H3. The largest absolute Gasteiger partial charge is 0.490 e. The number of hydrogen-bond acceptors (Lipinski definition) is 3. The van der Waals surface area contributed by atoms with Crippen LogP contribution < -0.4 is 14.8 Å². The summed E-state index contributed by atoms with van der Waals surface area (Å²) in [4.78, 5) is 0. The van der Waals surface area contributed by atoms with Gasteiger partial charge < -0.3 is 14.8 Å². The molecule has 2 atom stereocenters. The van der Waals surface area contributed by atoms with Crippen molar-refractivity contribution in [2.75, 3.05) is 19.8 Å². The van der Waals surface area contributed by atoms with Gasteiger partial charge in [-0.2, -0.15) is 0 Å². The zero-order chi connectivity index (χ0) is 14.2. The lowest BCUT2D eigenvalue weighted by Crippen LogP contribution is -2.24. The fourth-order valence-corrected chi connectivity index (χ4v) is 3.16. The Balaban J connectivity index is 1.86. The molecule has 1 heterocycles. The summed E-state index contributed by atoms with van der Waals surface area (Å²) < 4.78 is 11.5. The summed E-state index contributed by atoms with van der Waals surface area (Å²) in [6.45, 7) is 9.36. The molecule has 1 saturated carbocycles. The van der Waals surface area contributed by atoms with Crippen molar-refractivity contribution in [2.45, 2.75) is 39.7 Å². The number of nitrogens with one attached hydrogen (secondary N) is 1. The van der Waals surface area contributed by atoms with Gasteiger partial charge in [-0.1, -0.05) is 26.8 Å². The summed E-state index contributed by atoms with van der Waals surface area (Å²) >= 11 is 0. The molecule has 2 unspecified atom stereocenters. The SMILES string of the molecule is CCNC(c1ccc2c(c1)OCCCO2)C1CC1(C)C. The van der Waals surface area contributed by atoms with Gasteiger partial charge in [0.25, 0.3) is 0 Å². The monoisotopic (exact) mass is 275 g/mol. The van der Waals surface area contributed by atoms with Gasteiger partial charge in [0.1, 0.15) is 0 Å². The van der Waals surface area contributed by atoms with Crippen molar-refractivity contribution in [2.24, 2.45) is 11.3 Å². The van der Waals surface area contributed by atoms with Crippen LogP contribution in [0, 0.1) is 11.3 Å². The average molecular weight is 275 g/mol. The zero-order valence-electron chi connectivity index (χ0n) is 12.7. The van der Waals surface area contributed by atoms with Gasteiger partial charge in [-0.05, 0) is 42.0 Å². The summed E-state index contributed by atoms with van der Waals surface area (Å²) in [6, 6.07) is 6.85.